The number of nitrogens with zero attached hydrogens (tertiary/aromatic N) is 2. The Bertz CT molecular complexity index is 595. The van der Waals surface area contributed by atoms with Gasteiger partial charge in [0, 0.05) is 18.9 Å². The Labute approximate surface area is 114 Å². The van der Waals surface area contributed by atoms with Gasteiger partial charge in [0.25, 0.3) is 0 Å². The largest absolute Gasteiger partial charge is 0.381 e. The molecular formula is C14H14F2N2O2. The number of hydrogen-bond donors (Lipinski definition) is 0. The summed E-state index contributed by atoms with van der Waals surface area (Å²) in [5, 5.41) is 3.94. The topological polar surface area (TPSA) is 48.2 Å². The molecule has 20 heavy (non-hydrogen) atoms. The van der Waals surface area contributed by atoms with Crippen LogP contribution in [0.1, 0.15) is 29.6 Å². The molecule has 1 atom stereocenters. The van der Waals surface area contributed by atoms with Crippen molar-refractivity contribution >= 4 is 0 Å². The molecule has 106 valence electrons. The van der Waals surface area contributed by atoms with Gasteiger partial charge in [-0.3, -0.25) is 0 Å². The highest BCUT2D eigenvalue weighted by molar-refractivity contribution is 5.18. The predicted octanol–water partition coefficient (Wildman–Crippen LogP) is 2.64. The monoisotopic (exact) mass is 280 g/mol. The summed E-state index contributed by atoms with van der Waals surface area (Å²) in [5.41, 5.74) is 0.702. The number of halogens is 2. The number of benzene rings is 1. The SMILES string of the molecule is Fc1ccc(CCc2nc(C3CCOC3)no2)cc1F. The Morgan fingerprint density at radius 1 is 1.20 bits per heavy atom. The number of aromatic nitrogens is 2. The van der Waals surface area contributed by atoms with Crippen LogP contribution in [0, 0.1) is 11.6 Å². The standard InChI is InChI=1S/C14H14F2N2O2/c15-11-3-1-9(7-12(11)16)2-4-13-17-14(18-20-13)10-5-6-19-8-10/h1,3,7,10H,2,4-6,8H2. The van der Waals surface area contributed by atoms with E-state index in [1.807, 2.05) is 0 Å². The van der Waals surface area contributed by atoms with Gasteiger partial charge >= 0.3 is 0 Å². The molecule has 0 N–H and O–H groups in total. The minimum atomic E-state index is -0.838. The zero-order chi connectivity index (χ0) is 13.9. The third kappa shape index (κ3) is 2.85. The molecule has 1 fully saturated rings. The van der Waals surface area contributed by atoms with Crippen molar-refractivity contribution in [3.63, 3.8) is 0 Å². The van der Waals surface area contributed by atoms with Crippen molar-refractivity contribution in [3.05, 3.63) is 47.1 Å². The van der Waals surface area contributed by atoms with Crippen molar-refractivity contribution in [3.8, 4) is 0 Å². The Kier molecular flexibility index (Phi) is 3.73. The number of rotatable bonds is 4. The highest BCUT2D eigenvalue weighted by Gasteiger charge is 2.22. The Balaban J connectivity index is 1.61. The Morgan fingerprint density at radius 3 is 2.85 bits per heavy atom. The molecular weight excluding hydrogens is 266 g/mol. The molecule has 0 saturated carbocycles. The first-order valence-corrected chi connectivity index (χ1v) is 6.56. The van der Waals surface area contributed by atoms with Crippen LogP contribution in [-0.4, -0.2) is 23.4 Å². The van der Waals surface area contributed by atoms with E-state index in [-0.39, 0.29) is 5.92 Å². The second kappa shape index (κ2) is 5.66. The summed E-state index contributed by atoms with van der Waals surface area (Å²) >= 11 is 0. The number of hydrogen-bond acceptors (Lipinski definition) is 4. The summed E-state index contributed by atoms with van der Waals surface area (Å²) in [6, 6.07) is 3.87. The van der Waals surface area contributed by atoms with Crippen molar-refractivity contribution in [2.75, 3.05) is 13.2 Å². The van der Waals surface area contributed by atoms with E-state index < -0.39 is 11.6 Å². The van der Waals surface area contributed by atoms with Crippen LogP contribution in [0.3, 0.4) is 0 Å². The lowest BCUT2D eigenvalue weighted by molar-refractivity contribution is 0.192. The first-order chi connectivity index (χ1) is 9.72. The van der Waals surface area contributed by atoms with Crippen LogP contribution in [0.4, 0.5) is 8.78 Å². The molecule has 1 aliphatic heterocycles. The van der Waals surface area contributed by atoms with Gasteiger partial charge in [-0.05, 0) is 30.5 Å². The average Bonchev–Trinajstić information content (AvgIpc) is 3.09. The molecule has 1 saturated heterocycles. The lowest BCUT2D eigenvalue weighted by Crippen LogP contribution is -2.00. The van der Waals surface area contributed by atoms with E-state index in [1.54, 1.807) is 6.07 Å². The maximum Gasteiger partial charge on any atom is 0.226 e. The second-order valence-electron chi connectivity index (χ2n) is 4.86. The summed E-state index contributed by atoms with van der Waals surface area (Å²) in [6.45, 7) is 1.35. The third-order valence-electron chi connectivity index (χ3n) is 3.39. The van der Waals surface area contributed by atoms with E-state index in [0.717, 1.165) is 19.1 Å². The van der Waals surface area contributed by atoms with Crippen molar-refractivity contribution in [1.29, 1.82) is 0 Å². The average molecular weight is 280 g/mol. The first-order valence-electron chi connectivity index (χ1n) is 6.56. The van der Waals surface area contributed by atoms with Gasteiger partial charge in [0.15, 0.2) is 17.5 Å². The van der Waals surface area contributed by atoms with E-state index >= 15 is 0 Å². The van der Waals surface area contributed by atoms with Crippen LogP contribution < -0.4 is 0 Å². The fourth-order valence-electron chi connectivity index (χ4n) is 2.22. The number of ether oxygens (including phenoxy) is 1. The van der Waals surface area contributed by atoms with Crippen LogP contribution in [0.5, 0.6) is 0 Å². The van der Waals surface area contributed by atoms with E-state index in [0.29, 0.717) is 36.7 Å². The van der Waals surface area contributed by atoms with E-state index in [9.17, 15) is 8.78 Å². The van der Waals surface area contributed by atoms with Crippen molar-refractivity contribution in [2.24, 2.45) is 0 Å². The van der Waals surface area contributed by atoms with E-state index in [2.05, 4.69) is 10.1 Å². The maximum atomic E-state index is 13.1. The second-order valence-corrected chi connectivity index (χ2v) is 4.86. The maximum absolute atomic E-state index is 13.1. The minimum Gasteiger partial charge on any atom is -0.381 e. The van der Waals surface area contributed by atoms with Crippen LogP contribution in [0.2, 0.25) is 0 Å². The smallest absolute Gasteiger partial charge is 0.226 e. The molecule has 0 spiro atoms. The molecule has 6 heteroatoms. The molecule has 1 unspecified atom stereocenters. The van der Waals surface area contributed by atoms with Crippen LogP contribution >= 0.6 is 0 Å². The Hall–Kier alpha value is -1.82. The van der Waals surface area contributed by atoms with Crippen molar-refractivity contribution in [1.82, 2.24) is 10.1 Å². The molecule has 3 rings (SSSR count). The third-order valence-corrected chi connectivity index (χ3v) is 3.39. The highest BCUT2D eigenvalue weighted by Crippen LogP contribution is 2.22. The molecule has 1 aromatic carbocycles. The van der Waals surface area contributed by atoms with Crippen molar-refractivity contribution < 1.29 is 18.0 Å². The van der Waals surface area contributed by atoms with Crippen molar-refractivity contribution in [2.45, 2.75) is 25.2 Å². The molecule has 2 heterocycles. The highest BCUT2D eigenvalue weighted by atomic mass is 19.2. The summed E-state index contributed by atoms with van der Waals surface area (Å²) in [6.07, 6.45) is 1.94. The van der Waals surface area contributed by atoms with Gasteiger partial charge in [-0.25, -0.2) is 8.78 Å². The summed E-state index contributed by atoms with van der Waals surface area (Å²) in [5.74, 6) is -0.290. The molecule has 0 radical (unpaired) electrons. The molecule has 2 aromatic rings. The molecule has 0 amide bonds. The summed E-state index contributed by atoms with van der Waals surface area (Å²) in [7, 11) is 0. The molecule has 0 aliphatic carbocycles. The minimum absolute atomic E-state index is 0.204. The van der Waals surface area contributed by atoms with Crippen LogP contribution in [0.25, 0.3) is 0 Å². The normalized spacial score (nSPS) is 18.6. The molecule has 1 aromatic heterocycles. The van der Waals surface area contributed by atoms with Gasteiger partial charge in [0.2, 0.25) is 5.89 Å². The Morgan fingerprint density at radius 2 is 2.10 bits per heavy atom. The van der Waals surface area contributed by atoms with Gasteiger partial charge in [-0.1, -0.05) is 11.2 Å². The molecule has 0 bridgehead atoms. The van der Waals surface area contributed by atoms with Gasteiger partial charge in [-0.15, -0.1) is 0 Å². The fraction of sp³-hybridized carbons (Fsp3) is 0.429. The van der Waals surface area contributed by atoms with Gasteiger partial charge in [0.1, 0.15) is 0 Å². The van der Waals surface area contributed by atoms with Gasteiger partial charge < -0.3 is 9.26 Å². The van der Waals surface area contributed by atoms with Gasteiger partial charge in [0.05, 0.1) is 6.61 Å². The van der Waals surface area contributed by atoms with E-state index in [4.69, 9.17) is 9.26 Å². The summed E-state index contributed by atoms with van der Waals surface area (Å²) in [4.78, 5) is 4.32. The lowest BCUT2D eigenvalue weighted by atomic mass is 10.1. The zero-order valence-electron chi connectivity index (χ0n) is 10.8. The quantitative estimate of drug-likeness (QED) is 0.863. The molecule has 1 aliphatic rings. The van der Waals surface area contributed by atoms with Crippen LogP contribution in [-0.2, 0) is 17.6 Å². The predicted molar refractivity (Wildman–Crippen MR) is 66.2 cm³/mol. The van der Waals surface area contributed by atoms with E-state index in [1.165, 1.54) is 6.07 Å². The van der Waals surface area contributed by atoms with Crippen LogP contribution in [0.15, 0.2) is 22.7 Å². The number of aryl methyl sites for hydroxylation is 2. The summed E-state index contributed by atoms with van der Waals surface area (Å²) < 4.78 is 36.3. The fourth-order valence-corrected chi connectivity index (χ4v) is 2.22. The lowest BCUT2D eigenvalue weighted by Gasteiger charge is -2.00. The zero-order valence-corrected chi connectivity index (χ0v) is 10.8. The molecule has 4 nitrogen and oxygen atoms in total. The first kappa shape index (κ1) is 13.2. The van der Waals surface area contributed by atoms with Gasteiger partial charge in [-0.2, -0.15) is 4.98 Å².